The molecule has 0 unspecified atom stereocenters. The molecule has 4 heterocycles. The molecule has 4 aliphatic rings. The van der Waals surface area contributed by atoms with E-state index >= 15 is 0 Å². The van der Waals surface area contributed by atoms with Crippen LogP contribution >= 0.6 is 0 Å². The Balaban J connectivity index is 0.000000220. The molecule has 2 N–H and O–H groups in total. The second kappa shape index (κ2) is 12.9. The van der Waals surface area contributed by atoms with Gasteiger partial charge in [0.05, 0.1) is 76.7 Å². The minimum absolute atomic E-state index is 0.136. The van der Waals surface area contributed by atoms with Gasteiger partial charge in [0.2, 0.25) is 0 Å². The van der Waals surface area contributed by atoms with Gasteiger partial charge in [-0.15, -0.1) is 0 Å². The number of carbonyl (C=O) groups is 4. The maximum absolute atomic E-state index is 12.2. The van der Waals surface area contributed by atoms with Crippen molar-refractivity contribution in [2.75, 3.05) is 39.5 Å². The first kappa shape index (κ1) is 31.8. The molecule has 4 fully saturated rings. The average molecular weight is 575 g/mol. The van der Waals surface area contributed by atoms with Crippen LogP contribution in [0, 0.1) is 0 Å². The third-order valence-corrected chi connectivity index (χ3v) is 6.40. The Hall–Kier alpha value is -2.68. The molecule has 0 spiro atoms. The van der Waals surface area contributed by atoms with Crippen molar-refractivity contribution in [2.24, 2.45) is 0 Å². The molecular weight excluding hydrogens is 532 g/mol. The third kappa shape index (κ3) is 9.18. The second-order valence-electron chi connectivity index (χ2n) is 12.3. The average Bonchev–Trinajstić information content (AvgIpc) is 3.44. The summed E-state index contributed by atoms with van der Waals surface area (Å²) in [6, 6.07) is -0.398. The molecule has 2 amide bonds. The minimum atomic E-state index is -0.948. The number of nitrogens with zero attached hydrogens (tertiary/aromatic N) is 2. The quantitative estimate of drug-likeness (QED) is 0.499. The molecule has 0 aliphatic carbocycles. The minimum Gasteiger partial charge on any atom is -0.481 e. The Bertz CT molecular complexity index is 856. The normalized spacial score (nSPS) is 29.9. The SMILES string of the molecule is CC(C)(C)OC(=O)N1C[C@@H](CC(=O)O)O[C@@H]2COC[C@H]21.CC(C)(C)OC(=O)N1C[C@H](CC(=O)O)O[C@H]2COC[C@@H]21. The Morgan fingerprint density at radius 1 is 0.675 bits per heavy atom. The molecular formula is C26H42N2O12. The third-order valence-electron chi connectivity index (χ3n) is 6.40. The smallest absolute Gasteiger partial charge is 0.410 e. The van der Waals surface area contributed by atoms with Gasteiger partial charge in [-0.05, 0) is 41.5 Å². The largest absolute Gasteiger partial charge is 0.481 e. The molecule has 0 aromatic carbocycles. The second-order valence-corrected chi connectivity index (χ2v) is 12.3. The van der Waals surface area contributed by atoms with Crippen molar-refractivity contribution >= 4 is 24.1 Å². The molecule has 40 heavy (non-hydrogen) atoms. The molecule has 0 aromatic heterocycles. The number of fused-ring (bicyclic) bond motifs is 2. The first-order chi connectivity index (χ1) is 18.5. The Morgan fingerprint density at radius 2 is 1.02 bits per heavy atom. The van der Waals surface area contributed by atoms with Crippen LogP contribution in [0.5, 0.6) is 0 Å². The van der Waals surface area contributed by atoms with E-state index in [2.05, 4.69) is 0 Å². The Morgan fingerprint density at radius 3 is 1.32 bits per heavy atom. The molecule has 14 heteroatoms. The van der Waals surface area contributed by atoms with Crippen LogP contribution in [-0.4, -0.2) is 131 Å². The number of aliphatic carboxylic acids is 2. The number of hydrogen-bond donors (Lipinski definition) is 2. The van der Waals surface area contributed by atoms with Crippen molar-refractivity contribution in [1.29, 1.82) is 0 Å². The number of amides is 2. The van der Waals surface area contributed by atoms with Crippen molar-refractivity contribution in [3.63, 3.8) is 0 Å². The highest BCUT2D eigenvalue weighted by Gasteiger charge is 2.46. The van der Waals surface area contributed by atoms with E-state index < -0.39 is 47.5 Å². The number of carboxylic acid groups (broad SMARTS) is 2. The predicted octanol–water partition coefficient (Wildman–Crippen LogP) is 1.73. The molecule has 0 radical (unpaired) electrons. The van der Waals surface area contributed by atoms with Gasteiger partial charge >= 0.3 is 24.1 Å². The lowest BCUT2D eigenvalue weighted by atomic mass is 10.1. The van der Waals surface area contributed by atoms with Crippen molar-refractivity contribution < 1.29 is 57.8 Å². The predicted molar refractivity (Wildman–Crippen MR) is 137 cm³/mol. The summed E-state index contributed by atoms with van der Waals surface area (Å²) in [6.07, 6.45) is -2.77. The van der Waals surface area contributed by atoms with Gasteiger partial charge in [-0.2, -0.15) is 0 Å². The number of rotatable bonds is 4. The zero-order valence-corrected chi connectivity index (χ0v) is 24.0. The summed E-state index contributed by atoms with van der Waals surface area (Å²) in [5, 5.41) is 17.7. The maximum Gasteiger partial charge on any atom is 0.410 e. The van der Waals surface area contributed by atoms with Gasteiger partial charge in [0.1, 0.15) is 23.4 Å². The lowest BCUT2D eigenvalue weighted by Crippen LogP contribution is -2.57. The molecule has 4 aliphatic heterocycles. The number of morpholine rings is 2. The van der Waals surface area contributed by atoms with Gasteiger partial charge in [0.25, 0.3) is 0 Å². The highest BCUT2D eigenvalue weighted by Crippen LogP contribution is 2.28. The number of carbonyl (C=O) groups excluding carboxylic acids is 2. The highest BCUT2D eigenvalue weighted by atomic mass is 16.6. The van der Waals surface area contributed by atoms with E-state index in [-0.39, 0.29) is 50.2 Å². The summed E-state index contributed by atoms with van der Waals surface area (Å²) >= 11 is 0. The van der Waals surface area contributed by atoms with Crippen molar-refractivity contribution in [3.05, 3.63) is 0 Å². The van der Waals surface area contributed by atoms with Crippen LogP contribution in [0.2, 0.25) is 0 Å². The summed E-state index contributed by atoms with van der Waals surface area (Å²) in [5.41, 5.74) is -1.18. The van der Waals surface area contributed by atoms with E-state index in [1.807, 2.05) is 0 Å². The van der Waals surface area contributed by atoms with Crippen LogP contribution < -0.4 is 0 Å². The van der Waals surface area contributed by atoms with E-state index in [0.29, 0.717) is 26.4 Å². The van der Waals surface area contributed by atoms with Gasteiger partial charge in [0.15, 0.2) is 0 Å². The van der Waals surface area contributed by atoms with Crippen LogP contribution in [0.15, 0.2) is 0 Å². The zero-order valence-electron chi connectivity index (χ0n) is 24.0. The van der Waals surface area contributed by atoms with Gasteiger partial charge in [-0.25, -0.2) is 9.59 Å². The number of carboxylic acids is 2. The van der Waals surface area contributed by atoms with E-state index in [1.165, 1.54) is 0 Å². The fourth-order valence-electron chi connectivity index (χ4n) is 4.85. The molecule has 4 rings (SSSR count). The van der Waals surface area contributed by atoms with Gasteiger partial charge < -0.3 is 38.6 Å². The molecule has 6 atom stereocenters. The molecule has 0 bridgehead atoms. The number of ether oxygens (including phenoxy) is 6. The number of hydrogen-bond acceptors (Lipinski definition) is 10. The molecule has 0 aromatic rings. The highest BCUT2D eigenvalue weighted by molar-refractivity contribution is 5.71. The fraction of sp³-hybridized carbons (Fsp3) is 0.846. The topological polar surface area (TPSA) is 171 Å². The molecule has 228 valence electrons. The molecule has 0 saturated carbocycles. The van der Waals surface area contributed by atoms with Crippen LogP contribution in [0.4, 0.5) is 9.59 Å². The van der Waals surface area contributed by atoms with E-state index in [1.54, 1.807) is 51.3 Å². The van der Waals surface area contributed by atoms with Crippen molar-refractivity contribution in [2.45, 2.75) is 102 Å². The van der Waals surface area contributed by atoms with Crippen LogP contribution in [-0.2, 0) is 38.0 Å². The summed E-state index contributed by atoms with van der Waals surface area (Å²) in [4.78, 5) is 49.2. The van der Waals surface area contributed by atoms with Crippen molar-refractivity contribution in [3.8, 4) is 0 Å². The lowest BCUT2D eigenvalue weighted by molar-refractivity contribution is -0.148. The van der Waals surface area contributed by atoms with Crippen LogP contribution in [0.1, 0.15) is 54.4 Å². The maximum atomic E-state index is 12.2. The van der Waals surface area contributed by atoms with Gasteiger partial charge in [-0.1, -0.05) is 0 Å². The van der Waals surface area contributed by atoms with E-state index in [9.17, 15) is 19.2 Å². The van der Waals surface area contributed by atoms with E-state index in [4.69, 9.17) is 38.6 Å². The Kier molecular flexibility index (Phi) is 10.3. The summed E-state index contributed by atoms with van der Waals surface area (Å²) in [7, 11) is 0. The molecule has 14 nitrogen and oxygen atoms in total. The van der Waals surface area contributed by atoms with Gasteiger partial charge in [0, 0.05) is 0 Å². The Labute approximate surface area is 233 Å². The zero-order chi connectivity index (χ0) is 29.8. The van der Waals surface area contributed by atoms with Crippen LogP contribution in [0.3, 0.4) is 0 Å². The lowest BCUT2D eigenvalue weighted by Gasteiger charge is -2.40. The van der Waals surface area contributed by atoms with Crippen molar-refractivity contribution in [1.82, 2.24) is 9.80 Å². The summed E-state index contributed by atoms with van der Waals surface area (Å²) in [6.45, 7) is 12.7. The van der Waals surface area contributed by atoms with E-state index in [0.717, 1.165) is 0 Å². The molecule has 4 saturated heterocycles. The van der Waals surface area contributed by atoms with Gasteiger partial charge in [-0.3, -0.25) is 19.4 Å². The monoisotopic (exact) mass is 574 g/mol. The van der Waals surface area contributed by atoms with Crippen LogP contribution in [0.25, 0.3) is 0 Å². The summed E-state index contributed by atoms with van der Waals surface area (Å²) < 4.78 is 32.8. The summed E-state index contributed by atoms with van der Waals surface area (Å²) in [5.74, 6) is -1.90. The first-order valence-electron chi connectivity index (χ1n) is 13.4. The fourth-order valence-corrected chi connectivity index (χ4v) is 4.85. The first-order valence-corrected chi connectivity index (χ1v) is 13.4. The standard InChI is InChI=1S/2C13H21NO6/c2*1-13(2,3)20-12(17)14-5-8(4-11(15)16)19-10-7-18-6-9(10)14/h2*8-10H,4-7H2,1-3H3,(H,15,16)/t2*8-,9-,10-/m10/s1.